The number of carbonyl (C=O) groups excluding carboxylic acids is 1. The zero-order valence-electron chi connectivity index (χ0n) is 15.0. The number of amides is 1. The van der Waals surface area contributed by atoms with Gasteiger partial charge in [0.1, 0.15) is 17.5 Å². The molecule has 2 aromatic rings. The highest BCUT2D eigenvalue weighted by Gasteiger charge is 2.26. The Hall–Kier alpha value is -2.97. The Bertz CT molecular complexity index is 813. The van der Waals surface area contributed by atoms with E-state index in [0.29, 0.717) is 16.8 Å². The summed E-state index contributed by atoms with van der Waals surface area (Å²) in [6, 6.07) is -0.105. The molecule has 0 bridgehead atoms. The second-order valence-corrected chi connectivity index (χ2v) is 6.81. The maximum Gasteiger partial charge on any atom is 0.408 e. The minimum Gasteiger partial charge on any atom is -0.480 e. The maximum atomic E-state index is 13.7. The molecule has 0 radical (unpaired) electrons. The molecule has 0 aromatic carbocycles. The van der Waals surface area contributed by atoms with Crippen molar-refractivity contribution >= 4 is 12.1 Å². The van der Waals surface area contributed by atoms with Crippen LogP contribution in [0, 0.1) is 5.82 Å². The summed E-state index contributed by atoms with van der Waals surface area (Å²) in [4.78, 5) is 27.5. The van der Waals surface area contributed by atoms with Crippen LogP contribution in [0.1, 0.15) is 26.3 Å². The molecule has 1 atom stereocenters. The maximum absolute atomic E-state index is 13.7. The van der Waals surface area contributed by atoms with Gasteiger partial charge in [0.05, 0.1) is 18.1 Å². The van der Waals surface area contributed by atoms with Crippen molar-refractivity contribution in [2.45, 2.75) is 38.8 Å². The number of aromatic nitrogens is 3. The molecule has 8 nitrogen and oxygen atoms in total. The number of aryl methyl sites for hydroxylation is 1. The Balaban J connectivity index is 2.27. The number of nitrogens with one attached hydrogen (secondary N) is 1. The molecule has 0 saturated heterocycles. The standard InChI is InChI=1S/C17H21FN4O4/c1-17(2,3)26-16(25)21-13(15(23)24)6-10-5-12(18)8-19-14(10)11-7-20-22(4)9-11/h5,7-9,13H,6H2,1-4H3,(H,21,25)(H,23,24)/t13-/m0/s1. The minimum atomic E-state index is -1.30. The first-order chi connectivity index (χ1) is 12.0. The van der Waals surface area contributed by atoms with Crippen LogP contribution >= 0.6 is 0 Å². The van der Waals surface area contributed by atoms with Crippen LogP contribution in [0.3, 0.4) is 0 Å². The summed E-state index contributed by atoms with van der Waals surface area (Å²) >= 11 is 0. The number of ether oxygens (including phenoxy) is 1. The van der Waals surface area contributed by atoms with Crippen LogP contribution in [0.2, 0.25) is 0 Å². The van der Waals surface area contributed by atoms with Crippen molar-refractivity contribution in [1.29, 1.82) is 0 Å². The molecule has 0 unspecified atom stereocenters. The number of carbonyl (C=O) groups is 2. The molecular weight excluding hydrogens is 343 g/mol. The van der Waals surface area contributed by atoms with E-state index in [0.717, 1.165) is 6.20 Å². The Morgan fingerprint density at radius 2 is 2.08 bits per heavy atom. The molecule has 0 fully saturated rings. The third-order valence-electron chi connectivity index (χ3n) is 3.32. The molecule has 0 saturated carbocycles. The average molecular weight is 364 g/mol. The summed E-state index contributed by atoms with van der Waals surface area (Å²) in [6.07, 6.45) is 3.24. The lowest BCUT2D eigenvalue weighted by Gasteiger charge is -2.22. The van der Waals surface area contributed by atoms with E-state index in [1.807, 2.05) is 0 Å². The van der Waals surface area contributed by atoms with Crippen LogP contribution in [0.4, 0.5) is 9.18 Å². The number of hydrogen-bond acceptors (Lipinski definition) is 5. The van der Waals surface area contributed by atoms with Crippen molar-refractivity contribution in [2.24, 2.45) is 7.05 Å². The summed E-state index contributed by atoms with van der Waals surface area (Å²) in [7, 11) is 1.72. The van der Waals surface area contributed by atoms with Gasteiger partial charge < -0.3 is 15.2 Å². The van der Waals surface area contributed by atoms with Gasteiger partial charge in [-0.1, -0.05) is 0 Å². The lowest BCUT2D eigenvalue weighted by molar-refractivity contribution is -0.139. The largest absolute Gasteiger partial charge is 0.480 e. The zero-order valence-corrected chi connectivity index (χ0v) is 15.0. The topological polar surface area (TPSA) is 106 Å². The normalized spacial score (nSPS) is 12.5. The van der Waals surface area contributed by atoms with Crippen LogP contribution in [-0.4, -0.2) is 43.6 Å². The number of alkyl carbamates (subject to hydrolysis) is 1. The van der Waals surface area contributed by atoms with Gasteiger partial charge in [0.25, 0.3) is 0 Å². The summed E-state index contributed by atoms with van der Waals surface area (Å²) in [5.74, 6) is -1.87. The average Bonchev–Trinajstić information content (AvgIpc) is 2.91. The first-order valence-corrected chi connectivity index (χ1v) is 7.91. The van der Waals surface area contributed by atoms with E-state index in [4.69, 9.17) is 4.74 Å². The first kappa shape index (κ1) is 19.4. The highest BCUT2D eigenvalue weighted by molar-refractivity contribution is 5.80. The minimum absolute atomic E-state index is 0.163. The molecule has 2 aromatic heterocycles. The third kappa shape index (κ3) is 5.27. The molecule has 0 aliphatic carbocycles. The van der Waals surface area contributed by atoms with E-state index in [9.17, 15) is 19.1 Å². The van der Waals surface area contributed by atoms with Gasteiger partial charge in [-0.15, -0.1) is 0 Å². The second kappa shape index (κ2) is 7.51. The van der Waals surface area contributed by atoms with E-state index in [2.05, 4.69) is 15.4 Å². The predicted octanol–water partition coefficient (Wildman–Crippen LogP) is 2.14. The van der Waals surface area contributed by atoms with Crippen LogP contribution in [0.15, 0.2) is 24.7 Å². The van der Waals surface area contributed by atoms with E-state index in [1.54, 1.807) is 44.9 Å². The lowest BCUT2D eigenvalue weighted by atomic mass is 10.0. The molecule has 140 valence electrons. The number of carboxylic acids is 1. The third-order valence-corrected chi connectivity index (χ3v) is 3.32. The van der Waals surface area contributed by atoms with Crippen LogP contribution in [0.25, 0.3) is 11.3 Å². The monoisotopic (exact) mass is 364 g/mol. The van der Waals surface area contributed by atoms with Crippen LogP contribution < -0.4 is 5.32 Å². The van der Waals surface area contributed by atoms with Gasteiger partial charge in [-0.25, -0.2) is 14.0 Å². The van der Waals surface area contributed by atoms with E-state index < -0.39 is 29.5 Å². The lowest BCUT2D eigenvalue weighted by Crippen LogP contribution is -2.44. The Morgan fingerprint density at radius 3 is 2.62 bits per heavy atom. The van der Waals surface area contributed by atoms with Gasteiger partial charge in [0.2, 0.25) is 0 Å². The molecular formula is C17H21FN4O4. The number of pyridine rings is 1. The molecule has 2 rings (SSSR count). The molecule has 1 amide bonds. The molecule has 0 spiro atoms. The predicted molar refractivity (Wildman–Crippen MR) is 90.9 cm³/mol. The second-order valence-electron chi connectivity index (χ2n) is 6.81. The first-order valence-electron chi connectivity index (χ1n) is 7.91. The van der Waals surface area contributed by atoms with Gasteiger partial charge in [0.15, 0.2) is 0 Å². The Morgan fingerprint density at radius 1 is 1.38 bits per heavy atom. The Kier molecular flexibility index (Phi) is 5.59. The van der Waals surface area contributed by atoms with Crippen molar-refractivity contribution < 1.29 is 23.8 Å². The van der Waals surface area contributed by atoms with Crippen molar-refractivity contribution in [2.75, 3.05) is 0 Å². The number of rotatable bonds is 5. The number of hydrogen-bond donors (Lipinski definition) is 2. The van der Waals surface area contributed by atoms with Crippen molar-refractivity contribution in [3.05, 3.63) is 36.0 Å². The Labute approximate surface area is 150 Å². The number of aliphatic carboxylic acids is 1. The SMILES string of the molecule is Cn1cc(-c2ncc(F)cc2C[C@H](NC(=O)OC(C)(C)C)C(=O)O)cn1. The fourth-order valence-corrected chi connectivity index (χ4v) is 2.31. The quantitative estimate of drug-likeness (QED) is 0.842. The van der Waals surface area contributed by atoms with Gasteiger partial charge in [-0.2, -0.15) is 5.10 Å². The number of carboxylic acid groups (broad SMARTS) is 1. The fraction of sp³-hybridized carbons (Fsp3) is 0.412. The van der Waals surface area contributed by atoms with Crippen LogP contribution in [0.5, 0.6) is 0 Å². The fourth-order valence-electron chi connectivity index (χ4n) is 2.31. The highest BCUT2D eigenvalue weighted by Crippen LogP contribution is 2.23. The molecule has 0 aliphatic rings. The molecule has 2 N–H and O–H groups in total. The van der Waals surface area contributed by atoms with E-state index >= 15 is 0 Å². The highest BCUT2D eigenvalue weighted by atomic mass is 19.1. The molecule has 0 aliphatic heterocycles. The van der Waals surface area contributed by atoms with Crippen LogP contribution in [-0.2, 0) is 23.0 Å². The van der Waals surface area contributed by atoms with Crippen molar-refractivity contribution in [3.8, 4) is 11.3 Å². The summed E-state index contributed by atoms with van der Waals surface area (Å²) in [6.45, 7) is 5.00. The smallest absolute Gasteiger partial charge is 0.408 e. The molecule has 26 heavy (non-hydrogen) atoms. The van der Waals surface area contributed by atoms with Gasteiger partial charge in [0, 0.05) is 25.2 Å². The molecule has 9 heteroatoms. The summed E-state index contributed by atoms with van der Waals surface area (Å²) in [5.41, 5.74) is 0.580. The number of nitrogens with zero attached hydrogens (tertiary/aromatic N) is 3. The van der Waals surface area contributed by atoms with Gasteiger partial charge >= 0.3 is 12.1 Å². The molecule has 2 heterocycles. The van der Waals surface area contributed by atoms with Gasteiger partial charge in [-0.3, -0.25) is 9.67 Å². The summed E-state index contributed by atoms with van der Waals surface area (Å²) < 4.78 is 20.3. The summed E-state index contributed by atoms with van der Waals surface area (Å²) in [5, 5.41) is 15.7. The van der Waals surface area contributed by atoms with Crippen molar-refractivity contribution in [1.82, 2.24) is 20.1 Å². The zero-order chi connectivity index (χ0) is 19.5. The number of halogens is 1. The van der Waals surface area contributed by atoms with E-state index in [1.165, 1.54) is 6.07 Å². The van der Waals surface area contributed by atoms with Gasteiger partial charge in [-0.05, 0) is 32.4 Å². The van der Waals surface area contributed by atoms with E-state index in [-0.39, 0.29) is 6.42 Å². The van der Waals surface area contributed by atoms with Crippen molar-refractivity contribution in [3.63, 3.8) is 0 Å².